The van der Waals surface area contributed by atoms with Crippen molar-refractivity contribution in [2.45, 2.75) is 111 Å². The summed E-state index contributed by atoms with van der Waals surface area (Å²) in [6.45, 7) is 12.6. The van der Waals surface area contributed by atoms with Crippen molar-refractivity contribution in [3.63, 3.8) is 0 Å². The molecule has 7 atom stereocenters. The lowest BCUT2D eigenvalue weighted by atomic mass is 9.45. The van der Waals surface area contributed by atoms with Crippen molar-refractivity contribution in [3.05, 3.63) is 0 Å². The molecule has 0 radical (unpaired) electrons. The molecule has 5 fully saturated rings. The molecule has 0 bridgehead atoms. The number of ketones is 1. The van der Waals surface area contributed by atoms with E-state index >= 15 is 0 Å². The first-order valence-corrected chi connectivity index (χ1v) is 14.1. The monoisotopic (exact) mass is 457 g/mol. The highest BCUT2D eigenvalue weighted by atomic mass is 16.5. The van der Waals surface area contributed by atoms with E-state index in [1.165, 1.54) is 38.5 Å². The second-order valence-corrected chi connectivity index (χ2v) is 13.8. The van der Waals surface area contributed by atoms with E-state index in [-0.39, 0.29) is 17.5 Å². The highest BCUT2D eigenvalue weighted by Gasteiger charge is 2.60. The van der Waals surface area contributed by atoms with Gasteiger partial charge < -0.3 is 9.64 Å². The molecular weight excluding hydrogens is 410 g/mol. The first-order valence-electron chi connectivity index (χ1n) is 14.1. The van der Waals surface area contributed by atoms with Crippen LogP contribution in [0.25, 0.3) is 0 Å². The van der Waals surface area contributed by atoms with E-state index in [1.807, 2.05) is 0 Å². The van der Waals surface area contributed by atoms with Gasteiger partial charge in [-0.2, -0.15) is 0 Å². The lowest BCUT2D eigenvalue weighted by molar-refractivity contribution is -0.162. The van der Waals surface area contributed by atoms with Gasteiger partial charge in [-0.25, -0.2) is 0 Å². The van der Waals surface area contributed by atoms with Crippen molar-refractivity contribution in [2.24, 2.45) is 39.9 Å². The summed E-state index contributed by atoms with van der Waals surface area (Å²) in [5, 5.41) is 0. The minimum atomic E-state index is -0.0271. The number of rotatable bonds is 4. The third kappa shape index (κ3) is 4.32. The molecule has 1 saturated heterocycles. The minimum Gasteiger partial charge on any atom is -0.462 e. The van der Waals surface area contributed by atoms with Gasteiger partial charge >= 0.3 is 5.97 Å². The quantitative estimate of drug-likeness (QED) is 0.484. The van der Waals surface area contributed by atoms with Gasteiger partial charge in [0.25, 0.3) is 0 Å². The Morgan fingerprint density at radius 3 is 2.61 bits per heavy atom. The van der Waals surface area contributed by atoms with Crippen LogP contribution in [-0.2, 0) is 14.3 Å². The fourth-order valence-corrected chi connectivity index (χ4v) is 9.33. The lowest BCUT2D eigenvalue weighted by Gasteiger charge is -2.60. The second-order valence-electron chi connectivity index (χ2n) is 13.8. The van der Waals surface area contributed by atoms with Crippen molar-refractivity contribution >= 4 is 11.8 Å². The molecule has 186 valence electrons. The van der Waals surface area contributed by atoms with Gasteiger partial charge in [-0.15, -0.1) is 0 Å². The van der Waals surface area contributed by atoms with Crippen LogP contribution in [-0.4, -0.2) is 42.4 Å². The van der Waals surface area contributed by atoms with E-state index in [9.17, 15) is 9.59 Å². The number of carbonyl (C=O) groups is 2. The normalized spacial score (nSPS) is 45.1. The zero-order valence-electron chi connectivity index (χ0n) is 21.7. The Balaban J connectivity index is 1.15. The van der Waals surface area contributed by atoms with Gasteiger partial charge in [0.1, 0.15) is 11.9 Å². The lowest BCUT2D eigenvalue weighted by Crippen LogP contribution is -2.54. The zero-order chi connectivity index (χ0) is 23.4. The molecule has 5 aliphatic rings. The Hall–Kier alpha value is -0.900. The first kappa shape index (κ1) is 23.8. The van der Waals surface area contributed by atoms with E-state index in [0.29, 0.717) is 34.9 Å². The largest absolute Gasteiger partial charge is 0.462 e. The van der Waals surface area contributed by atoms with Gasteiger partial charge in [-0.1, -0.05) is 27.7 Å². The molecule has 1 aliphatic heterocycles. The molecule has 0 unspecified atom stereocenters. The van der Waals surface area contributed by atoms with Gasteiger partial charge in [0.05, 0.1) is 6.42 Å². The predicted octanol–water partition coefficient (Wildman–Crippen LogP) is 6.02. The average molecular weight is 458 g/mol. The molecule has 0 aromatic heterocycles. The van der Waals surface area contributed by atoms with E-state index in [0.717, 1.165) is 63.6 Å². The number of fused-ring (bicyclic) bond motifs is 5. The van der Waals surface area contributed by atoms with Crippen LogP contribution in [0.15, 0.2) is 0 Å². The third-order valence-corrected chi connectivity index (χ3v) is 11.2. The predicted molar refractivity (Wildman–Crippen MR) is 131 cm³/mol. The number of carbonyl (C=O) groups excluding carboxylic acids is 2. The van der Waals surface area contributed by atoms with Crippen LogP contribution in [0.4, 0.5) is 0 Å². The van der Waals surface area contributed by atoms with E-state index in [2.05, 4.69) is 32.6 Å². The van der Waals surface area contributed by atoms with Crippen LogP contribution in [0.1, 0.15) is 105 Å². The second kappa shape index (κ2) is 8.64. The smallest absolute Gasteiger partial charge is 0.307 e. The highest BCUT2D eigenvalue weighted by Crippen LogP contribution is 2.65. The number of Topliss-reactive ketones (excluding diaryl/α,β-unsaturated/α-hetero) is 1. The summed E-state index contributed by atoms with van der Waals surface area (Å²) in [5.41, 5.74) is 0.718. The maximum atomic E-state index is 12.7. The Morgan fingerprint density at radius 2 is 1.82 bits per heavy atom. The van der Waals surface area contributed by atoms with Crippen LogP contribution in [0.3, 0.4) is 0 Å². The highest BCUT2D eigenvalue weighted by molar-refractivity contribution is 5.87. The number of esters is 1. The molecule has 4 nitrogen and oxygen atoms in total. The summed E-state index contributed by atoms with van der Waals surface area (Å²) in [5.74, 6) is 3.36. The topological polar surface area (TPSA) is 46.6 Å². The summed E-state index contributed by atoms with van der Waals surface area (Å²) in [7, 11) is 0. The van der Waals surface area contributed by atoms with Gasteiger partial charge in [0.2, 0.25) is 0 Å². The molecule has 1 heterocycles. The average Bonchev–Trinajstić information content (AvgIpc) is 3.06. The van der Waals surface area contributed by atoms with Crippen LogP contribution in [0, 0.1) is 39.9 Å². The SMILES string of the molecule is CC1(C)CCCN(CCC(=O)O[C@H]2CC[C@@]3(C)[C@@H](CC[C@@H]4[C@@H]3CC[C@]3(C)C(=O)CC[C@@H]43)C2)C1. The molecule has 33 heavy (non-hydrogen) atoms. The summed E-state index contributed by atoms with van der Waals surface area (Å²) < 4.78 is 6.05. The zero-order valence-corrected chi connectivity index (χ0v) is 21.7. The van der Waals surface area contributed by atoms with Gasteiger partial charge in [-0.05, 0) is 105 Å². The van der Waals surface area contributed by atoms with Crippen molar-refractivity contribution in [1.29, 1.82) is 0 Å². The van der Waals surface area contributed by atoms with Crippen LogP contribution >= 0.6 is 0 Å². The van der Waals surface area contributed by atoms with E-state index < -0.39 is 0 Å². The molecule has 4 heteroatoms. The summed E-state index contributed by atoms with van der Waals surface area (Å²) >= 11 is 0. The van der Waals surface area contributed by atoms with Crippen LogP contribution < -0.4 is 0 Å². The molecule has 5 rings (SSSR count). The molecule has 0 aromatic carbocycles. The number of hydrogen-bond acceptors (Lipinski definition) is 4. The number of nitrogens with zero attached hydrogens (tertiary/aromatic N) is 1. The van der Waals surface area contributed by atoms with Gasteiger partial charge in [-0.3, -0.25) is 9.59 Å². The fourth-order valence-electron chi connectivity index (χ4n) is 9.33. The Kier molecular flexibility index (Phi) is 6.24. The molecule has 0 aromatic rings. The summed E-state index contributed by atoms with van der Waals surface area (Å²) in [6, 6.07) is 0. The number of likely N-dealkylation sites (tertiary alicyclic amines) is 1. The molecule has 4 aliphatic carbocycles. The van der Waals surface area contributed by atoms with Crippen molar-refractivity contribution < 1.29 is 14.3 Å². The Morgan fingerprint density at radius 1 is 1.00 bits per heavy atom. The van der Waals surface area contributed by atoms with Crippen LogP contribution in [0.5, 0.6) is 0 Å². The van der Waals surface area contributed by atoms with Crippen molar-refractivity contribution in [2.75, 3.05) is 19.6 Å². The summed E-state index contributed by atoms with van der Waals surface area (Å²) in [6.07, 6.45) is 13.3. The standard InChI is InChI=1S/C29H47NO3/c1-27(2)13-5-16-30(19-27)17-12-26(32)33-21-10-14-28(3)20(18-21)6-7-22-23-8-9-25(31)29(23,4)15-11-24(22)28/h20-24H,5-19H2,1-4H3/t20-,21-,22-,23-,24-,28-,29-/m0/s1. The molecule has 0 N–H and O–H groups in total. The van der Waals surface area contributed by atoms with Crippen molar-refractivity contribution in [1.82, 2.24) is 4.90 Å². The Labute approximate surface area is 201 Å². The third-order valence-electron chi connectivity index (χ3n) is 11.2. The summed E-state index contributed by atoms with van der Waals surface area (Å²) in [4.78, 5) is 27.8. The van der Waals surface area contributed by atoms with Gasteiger partial charge in [0.15, 0.2) is 0 Å². The number of piperidine rings is 1. The fraction of sp³-hybridized carbons (Fsp3) is 0.931. The molecule has 0 spiro atoms. The first-order chi connectivity index (χ1) is 15.6. The number of ether oxygens (including phenoxy) is 1. The minimum absolute atomic E-state index is 0.0126. The maximum absolute atomic E-state index is 12.7. The maximum Gasteiger partial charge on any atom is 0.307 e. The van der Waals surface area contributed by atoms with Gasteiger partial charge in [0, 0.05) is 24.9 Å². The van der Waals surface area contributed by atoms with E-state index in [1.54, 1.807) is 0 Å². The van der Waals surface area contributed by atoms with E-state index in [4.69, 9.17) is 4.74 Å². The molecular formula is C29H47NO3. The van der Waals surface area contributed by atoms with Crippen LogP contribution in [0.2, 0.25) is 0 Å². The Bertz CT molecular complexity index is 777. The molecule has 4 saturated carbocycles. The molecule has 0 amide bonds. The number of hydrogen-bond donors (Lipinski definition) is 0. The van der Waals surface area contributed by atoms with Crippen molar-refractivity contribution in [3.8, 4) is 0 Å².